The third kappa shape index (κ3) is 3.95. The minimum Gasteiger partial charge on any atom is -0.381 e. The molecule has 3 heteroatoms. The van der Waals surface area contributed by atoms with E-state index in [1.165, 1.54) is 38.9 Å². The maximum absolute atomic E-state index is 5.35. The van der Waals surface area contributed by atoms with Crippen LogP contribution in [0.2, 0.25) is 0 Å². The van der Waals surface area contributed by atoms with Crippen molar-refractivity contribution < 1.29 is 4.74 Å². The van der Waals surface area contributed by atoms with Crippen LogP contribution in [0.5, 0.6) is 0 Å². The Morgan fingerprint density at radius 2 is 2.07 bits per heavy atom. The first kappa shape index (κ1) is 12.0. The number of likely N-dealkylation sites (tertiary alicyclic amines) is 1. The molecule has 3 nitrogen and oxygen atoms in total. The summed E-state index contributed by atoms with van der Waals surface area (Å²) in [6, 6.07) is 0.634. The molecule has 0 saturated carbocycles. The highest BCUT2D eigenvalue weighted by Gasteiger charge is 2.18. The highest BCUT2D eigenvalue weighted by Crippen LogP contribution is 2.13. The predicted molar refractivity (Wildman–Crippen MR) is 59.6 cm³/mol. The predicted octanol–water partition coefficient (Wildman–Crippen LogP) is 1.10. The second-order valence-electron chi connectivity index (χ2n) is 4.26. The van der Waals surface area contributed by atoms with Crippen molar-refractivity contribution in [1.82, 2.24) is 10.2 Å². The molecule has 1 unspecified atom stereocenters. The van der Waals surface area contributed by atoms with E-state index in [0.29, 0.717) is 12.1 Å². The first-order valence-corrected chi connectivity index (χ1v) is 5.68. The van der Waals surface area contributed by atoms with Gasteiger partial charge < -0.3 is 15.0 Å². The van der Waals surface area contributed by atoms with E-state index in [9.17, 15) is 0 Å². The fourth-order valence-electron chi connectivity index (χ4n) is 1.89. The van der Waals surface area contributed by atoms with Crippen molar-refractivity contribution in [3.63, 3.8) is 0 Å². The van der Waals surface area contributed by atoms with Crippen LogP contribution in [0.3, 0.4) is 0 Å². The van der Waals surface area contributed by atoms with Crippen LogP contribution in [0.4, 0.5) is 0 Å². The second-order valence-corrected chi connectivity index (χ2v) is 4.26. The zero-order valence-corrected chi connectivity index (χ0v) is 9.75. The second kappa shape index (κ2) is 6.38. The summed E-state index contributed by atoms with van der Waals surface area (Å²) in [6.07, 6.45) is 4.15. The standard InChI is InChI=1S/C11H24N2O/c1-10(12-2)4-7-13-8-5-11(14-3)6-9-13/h10-12H,4-9H2,1-3H3. The van der Waals surface area contributed by atoms with Crippen LogP contribution in [0, 0.1) is 0 Å². The molecule has 0 aromatic rings. The molecule has 1 saturated heterocycles. The quantitative estimate of drug-likeness (QED) is 0.719. The van der Waals surface area contributed by atoms with Gasteiger partial charge in [0, 0.05) is 26.2 Å². The number of hydrogen-bond acceptors (Lipinski definition) is 3. The molecule has 0 bridgehead atoms. The molecule has 1 aliphatic rings. The van der Waals surface area contributed by atoms with Gasteiger partial charge in [0.15, 0.2) is 0 Å². The van der Waals surface area contributed by atoms with E-state index in [0.717, 1.165) is 0 Å². The number of methoxy groups -OCH3 is 1. The van der Waals surface area contributed by atoms with Gasteiger partial charge in [-0.05, 0) is 39.8 Å². The Bertz CT molecular complexity index is 144. The van der Waals surface area contributed by atoms with E-state index >= 15 is 0 Å². The average molecular weight is 200 g/mol. The molecule has 1 aliphatic heterocycles. The van der Waals surface area contributed by atoms with E-state index < -0.39 is 0 Å². The Balaban J connectivity index is 2.10. The van der Waals surface area contributed by atoms with Gasteiger partial charge in [-0.3, -0.25) is 0 Å². The van der Waals surface area contributed by atoms with Crippen LogP contribution in [-0.4, -0.2) is 50.8 Å². The fraction of sp³-hybridized carbons (Fsp3) is 1.00. The van der Waals surface area contributed by atoms with Gasteiger partial charge >= 0.3 is 0 Å². The number of ether oxygens (including phenoxy) is 1. The van der Waals surface area contributed by atoms with E-state index in [4.69, 9.17) is 4.74 Å². The highest BCUT2D eigenvalue weighted by atomic mass is 16.5. The van der Waals surface area contributed by atoms with Crippen LogP contribution in [0.25, 0.3) is 0 Å². The first-order valence-electron chi connectivity index (χ1n) is 5.68. The lowest BCUT2D eigenvalue weighted by molar-refractivity contribution is 0.0403. The van der Waals surface area contributed by atoms with Crippen molar-refractivity contribution in [2.45, 2.75) is 38.3 Å². The molecule has 14 heavy (non-hydrogen) atoms. The summed E-state index contributed by atoms with van der Waals surface area (Å²) in [4.78, 5) is 2.54. The Morgan fingerprint density at radius 1 is 1.43 bits per heavy atom. The molecule has 0 radical (unpaired) electrons. The molecule has 1 fully saturated rings. The summed E-state index contributed by atoms with van der Waals surface area (Å²) in [6.45, 7) is 5.87. The van der Waals surface area contributed by atoms with Crippen molar-refractivity contribution >= 4 is 0 Å². The van der Waals surface area contributed by atoms with Crippen LogP contribution < -0.4 is 5.32 Å². The number of piperidine rings is 1. The normalized spacial score (nSPS) is 22.5. The Kier molecular flexibility index (Phi) is 5.45. The molecule has 0 aromatic heterocycles. The van der Waals surface area contributed by atoms with Crippen LogP contribution in [0.15, 0.2) is 0 Å². The summed E-state index contributed by atoms with van der Waals surface area (Å²) in [7, 11) is 3.85. The zero-order valence-electron chi connectivity index (χ0n) is 9.75. The Hall–Kier alpha value is -0.120. The Morgan fingerprint density at radius 3 is 2.57 bits per heavy atom. The molecule has 0 aromatic carbocycles. The first-order chi connectivity index (χ1) is 6.76. The lowest BCUT2D eigenvalue weighted by Gasteiger charge is -2.31. The van der Waals surface area contributed by atoms with Gasteiger partial charge in [-0.25, -0.2) is 0 Å². The highest BCUT2D eigenvalue weighted by molar-refractivity contribution is 4.73. The number of nitrogens with zero attached hydrogens (tertiary/aromatic N) is 1. The number of rotatable bonds is 5. The topological polar surface area (TPSA) is 24.5 Å². The third-order valence-electron chi connectivity index (χ3n) is 3.24. The van der Waals surface area contributed by atoms with Crippen LogP contribution in [0.1, 0.15) is 26.2 Å². The van der Waals surface area contributed by atoms with Crippen molar-refractivity contribution in [1.29, 1.82) is 0 Å². The molecule has 84 valence electrons. The van der Waals surface area contributed by atoms with Crippen LogP contribution >= 0.6 is 0 Å². The summed E-state index contributed by atoms with van der Waals surface area (Å²) >= 11 is 0. The fourth-order valence-corrected chi connectivity index (χ4v) is 1.89. The molecule has 0 aliphatic carbocycles. The third-order valence-corrected chi connectivity index (χ3v) is 3.24. The summed E-state index contributed by atoms with van der Waals surface area (Å²) in [5.41, 5.74) is 0. The van der Waals surface area contributed by atoms with Crippen molar-refractivity contribution in [2.24, 2.45) is 0 Å². The van der Waals surface area contributed by atoms with Gasteiger partial charge in [0.05, 0.1) is 6.10 Å². The molecule has 1 rings (SSSR count). The number of hydrogen-bond donors (Lipinski definition) is 1. The Labute approximate surface area is 87.8 Å². The largest absolute Gasteiger partial charge is 0.381 e. The molecule has 0 spiro atoms. The monoisotopic (exact) mass is 200 g/mol. The minimum absolute atomic E-state index is 0.507. The summed E-state index contributed by atoms with van der Waals surface area (Å²) in [5.74, 6) is 0. The summed E-state index contributed by atoms with van der Waals surface area (Å²) < 4.78 is 5.35. The molecular formula is C11H24N2O. The van der Waals surface area contributed by atoms with E-state index in [2.05, 4.69) is 17.1 Å². The maximum Gasteiger partial charge on any atom is 0.0595 e. The van der Waals surface area contributed by atoms with Gasteiger partial charge in [0.1, 0.15) is 0 Å². The molecular weight excluding hydrogens is 176 g/mol. The van der Waals surface area contributed by atoms with Crippen molar-refractivity contribution in [3.8, 4) is 0 Å². The molecule has 1 N–H and O–H groups in total. The average Bonchev–Trinajstić information content (AvgIpc) is 2.26. The van der Waals surface area contributed by atoms with Crippen molar-refractivity contribution in [2.75, 3.05) is 33.8 Å². The van der Waals surface area contributed by atoms with E-state index in [-0.39, 0.29) is 0 Å². The van der Waals surface area contributed by atoms with Gasteiger partial charge in [0.25, 0.3) is 0 Å². The molecule has 1 heterocycles. The van der Waals surface area contributed by atoms with E-state index in [1.54, 1.807) is 0 Å². The minimum atomic E-state index is 0.507. The lowest BCUT2D eigenvalue weighted by atomic mass is 10.1. The molecule has 0 amide bonds. The van der Waals surface area contributed by atoms with Gasteiger partial charge in [-0.1, -0.05) is 0 Å². The lowest BCUT2D eigenvalue weighted by Crippen LogP contribution is -2.39. The zero-order chi connectivity index (χ0) is 10.4. The van der Waals surface area contributed by atoms with Crippen LogP contribution in [-0.2, 0) is 4.74 Å². The van der Waals surface area contributed by atoms with E-state index in [1.807, 2.05) is 14.2 Å². The number of nitrogens with one attached hydrogen (secondary N) is 1. The smallest absolute Gasteiger partial charge is 0.0595 e. The van der Waals surface area contributed by atoms with Crippen molar-refractivity contribution in [3.05, 3.63) is 0 Å². The van der Waals surface area contributed by atoms with Gasteiger partial charge in [0.2, 0.25) is 0 Å². The van der Waals surface area contributed by atoms with Gasteiger partial charge in [-0.15, -0.1) is 0 Å². The van der Waals surface area contributed by atoms with Gasteiger partial charge in [-0.2, -0.15) is 0 Å². The SMILES string of the molecule is CNC(C)CCN1CCC(OC)CC1. The molecule has 1 atom stereocenters. The summed E-state index contributed by atoms with van der Waals surface area (Å²) in [5, 5.41) is 3.27. The maximum atomic E-state index is 5.35.